The minimum absolute atomic E-state index is 0.165. The molecule has 3 heterocycles. The Morgan fingerprint density at radius 1 is 1.10 bits per heavy atom. The number of nitrogens with zero attached hydrogens (tertiary/aromatic N) is 5. The van der Waals surface area contributed by atoms with Gasteiger partial charge in [-0.15, -0.1) is 0 Å². The fourth-order valence-electron chi connectivity index (χ4n) is 5.67. The van der Waals surface area contributed by atoms with Gasteiger partial charge in [-0.2, -0.15) is 4.98 Å². The van der Waals surface area contributed by atoms with Crippen molar-refractivity contribution in [3.05, 3.63) is 42.2 Å². The molecule has 1 amide bonds. The van der Waals surface area contributed by atoms with Gasteiger partial charge in [0.25, 0.3) is 6.43 Å². The summed E-state index contributed by atoms with van der Waals surface area (Å²) >= 11 is 0. The molecule has 9 nitrogen and oxygen atoms in total. The number of amides is 1. The van der Waals surface area contributed by atoms with E-state index in [-0.39, 0.29) is 24.2 Å². The van der Waals surface area contributed by atoms with Gasteiger partial charge in [0, 0.05) is 62.1 Å². The number of hydrogen-bond acceptors (Lipinski definition) is 7. The number of nitrogens with one attached hydrogen (secondary N) is 1. The second-order valence-electron chi connectivity index (χ2n) is 12.6. The molecule has 1 aliphatic heterocycles. The van der Waals surface area contributed by atoms with Crippen LogP contribution in [0.4, 0.5) is 19.5 Å². The second kappa shape index (κ2) is 12.5. The lowest BCUT2D eigenvalue weighted by Crippen LogP contribution is -2.49. The average Bonchev–Trinajstić information content (AvgIpc) is 3.32. The summed E-state index contributed by atoms with van der Waals surface area (Å²) in [7, 11) is 0. The van der Waals surface area contributed by atoms with E-state index >= 15 is 0 Å². The predicted molar refractivity (Wildman–Crippen MR) is 159 cm³/mol. The molecule has 3 aromatic rings. The molecule has 2 aliphatic rings. The van der Waals surface area contributed by atoms with E-state index < -0.39 is 18.1 Å². The number of aliphatic hydroxyl groups is 1. The molecular weight excluding hydrogens is 542 g/mol. The summed E-state index contributed by atoms with van der Waals surface area (Å²) in [6.45, 7) is 10.7. The first-order chi connectivity index (χ1) is 20.0. The fraction of sp³-hybridized carbons (Fsp3) is 0.581. The third-order valence-corrected chi connectivity index (χ3v) is 8.06. The van der Waals surface area contributed by atoms with Crippen molar-refractivity contribution in [3.63, 3.8) is 0 Å². The zero-order valence-corrected chi connectivity index (χ0v) is 24.9. The van der Waals surface area contributed by atoms with Crippen LogP contribution in [0, 0.1) is 0 Å². The van der Waals surface area contributed by atoms with E-state index in [0.717, 1.165) is 61.8 Å². The monoisotopic (exact) mass is 584 g/mol. The number of benzene rings is 1. The molecule has 1 saturated heterocycles. The van der Waals surface area contributed by atoms with Gasteiger partial charge >= 0.3 is 6.09 Å². The first-order valence-corrected chi connectivity index (χ1v) is 14.9. The number of hydrogen-bond donors (Lipinski definition) is 2. The lowest BCUT2D eigenvalue weighted by molar-refractivity contribution is 0.0139. The Kier molecular flexibility index (Phi) is 8.98. The lowest BCUT2D eigenvalue weighted by atomic mass is 9.93. The van der Waals surface area contributed by atoms with Crippen LogP contribution in [0.2, 0.25) is 0 Å². The molecule has 1 aliphatic carbocycles. The van der Waals surface area contributed by atoms with Crippen LogP contribution in [0.15, 0.2) is 36.7 Å². The van der Waals surface area contributed by atoms with Crippen molar-refractivity contribution >= 4 is 23.1 Å². The average molecular weight is 585 g/mol. The largest absolute Gasteiger partial charge is 0.444 e. The number of aromatic nitrogens is 3. The molecule has 0 radical (unpaired) electrons. The maximum atomic E-state index is 13.2. The number of carbonyl (C=O) groups excluding carboxylic acids is 1. The maximum Gasteiger partial charge on any atom is 0.410 e. The Balaban J connectivity index is 1.32. The number of aliphatic hydroxyl groups excluding tert-OH is 1. The van der Waals surface area contributed by atoms with Crippen LogP contribution in [0.25, 0.3) is 22.2 Å². The summed E-state index contributed by atoms with van der Waals surface area (Å²) in [6.07, 6.45) is 3.82. The molecule has 228 valence electrons. The smallest absolute Gasteiger partial charge is 0.410 e. The molecule has 2 fully saturated rings. The van der Waals surface area contributed by atoms with Gasteiger partial charge in [-0.3, -0.25) is 4.90 Å². The lowest BCUT2D eigenvalue weighted by Gasteiger charge is -2.35. The highest BCUT2D eigenvalue weighted by Crippen LogP contribution is 2.37. The SMILES string of the molecule is C[C@@H](Nc1ncc2c(-c3ccc(CN4CCN(C(=O)OC(C)(C)C)CC4)cc3)cn(C3CCC(O)CC3)c2n1)C(F)F. The van der Waals surface area contributed by atoms with E-state index in [4.69, 9.17) is 4.74 Å². The van der Waals surface area contributed by atoms with Crippen molar-refractivity contribution in [1.29, 1.82) is 0 Å². The Labute approximate surface area is 245 Å². The molecule has 11 heteroatoms. The van der Waals surface area contributed by atoms with Crippen LogP contribution >= 0.6 is 0 Å². The minimum Gasteiger partial charge on any atom is -0.444 e. The highest BCUT2D eigenvalue weighted by molar-refractivity contribution is 5.94. The van der Waals surface area contributed by atoms with Crippen LogP contribution < -0.4 is 5.32 Å². The third kappa shape index (κ3) is 7.18. The van der Waals surface area contributed by atoms with Gasteiger partial charge in [0.15, 0.2) is 0 Å². The first-order valence-electron chi connectivity index (χ1n) is 14.9. The Bertz CT molecular complexity index is 1360. The number of fused-ring (bicyclic) bond motifs is 1. The molecule has 1 aromatic carbocycles. The van der Waals surface area contributed by atoms with Crippen molar-refractivity contribution in [3.8, 4) is 11.1 Å². The van der Waals surface area contributed by atoms with Crippen LogP contribution in [0.3, 0.4) is 0 Å². The van der Waals surface area contributed by atoms with Crippen LogP contribution in [0.5, 0.6) is 0 Å². The number of rotatable bonds is 7. The number of alkyl halides is 2. The third-order valence-electron chi connectivity index (χ3n) is 8.06. The molecule has 5 rings (SSSR count). The highest BCUT2D eigenvalue weighted by atomic mass is 19.3. The van der Waals surface area contributed by atoms with Crippen LogP contribution in [-0.4, -0.2) is 85.9 Å². The zero-order chi connectivity index (χ0) is 30.0. The zero-order valence-electron chi connectivity index (χ0n) is 24.9. The van der Waals surface area contributed by atoms with Crippen molar-refractivity contribution < 1.29 is 23.4 Å². The summed E-state index contributed by atoms with van der Waals surface area (Å²) in [5, 5.41) is 13.6. The summed E-state index contributed by atoms with van der Waals surface area (Å²) in [6, 6.07) is 7.54. The van der Waals surface area contributed by atoms with Gasteiger partial charge in [-0.25, -0.2) is 18.6 Å². The van der Waals surface area contributed by atoms with E-state index in [2.05, 4.69) is 55.2 Å². The summed E-state index contributed by atoms with van der Waals surface area (Å²) in [5.41, 5.74) is 3.40. The molecular formula is C31H42F2N6O3. The maximum absolute atomic E-state index is 13.2. The Morgan fingerprint density at radius 2 is 1.76 bits per heavy atom. The van der Waals surface area contributed by atoms with Crippen LogP contribution in [0.1, 0.15) is 65.0 Å². The fourth-order valence-corrected chi connectivity index (χ4v) is 5.67. The van der Waals surface area contributed by atoms with Gasteiger partial charge in [-0.1, -0.05) is 24.3 Å². The second-order valence-corrected chi connectivity index (χ2v) is 12.6. The summed E-state index contributed by atoms with van der Waals surface area (Å²) in [5.74, 6) is 0.180. The number of anilines is 1. The van der Waals surface area contributed by atoms with E-state index in [1.165, 1.54) is 12.5 Å². The molecule has 2 N–H and O–H groups in total. The van der Waals surface area contributed by atoms with Gasteiger partial charge in [0.2, 0.25) is 5.95 Å². The molecule has 0 spiro atoms. The Hall–Kier alpha value is -3.31. The van der Waals surface area contributed by atoms with Crippen molar-refractivity contribution in [2.45, 2.75) is 90.1 Å². The van der Waals surface area contributed by atoms with Crippen LogP contribution in [-0.2, 0) is 11.3 Å². The van der Waals surface area contributed by atoms with E-state index in [9.17, 15) is 18.7 Å². The number of halogens is 2. The van der Waals surface area contributed by atoms with Gasteiger partial charge in [0.1, 0.15) is 11.2 Å². The number of ether oxygens (including phenoxy) is 1. The van der Waals surface area contributed by atoms with E-state index in [1.807, 2.05) is 20.8 Å². The topological polar surface area (TPSA) is 95.8 Å². The molecule has 0 bridgehead atoms. The standard InChI is InChI=1S/C31H42F2N6O3/c1-20(27(32)33)35-29-34-17-25-26(19-39(28(25)36-29)23-9-11-24(40)12-10-23)22-7-5-21(6-8-22)18-37-13-15-38(16-14-37)30(41)42-31(2,3)4/h5-8,17,19-20,23-24,27,40H,9-16,18H2,1-4H3,(H,34,35,36)/t20-,23?,24?/m1/s1. The number of piperazine rings is 1. The molecule has 42 heavy (non-hydrogen) atoms. The summed E-state index contributed by atoms with van der Waals surface area (Å²) < 4.78 is 34.0. The van der Waals surface area contributed by atoms with Crippen molar-refractivity contribution in [1.82, 2.24) is 24.3 Å². The summed E-state index contributed by atoms with van der Waals surface area (Å²) in [4.78, 5) is 25.5. The number of carbonyl (C=O) groups is 1. The Morgan fingerprint density at radius 3 is 2.38 bits per heavy atom. The molecule has 0 unspecified atom stereocenters. The predicted octanol–water partition coefficient (Wildman–Crippen LogP) is 5.69. The molecule has 1 saturated carbocycles. The quantitative estimate of drug-likeness (QED) is 0.368. The van der Waals surface area contributed by atoms with Gasteiger partial charge in [0.05, 0.1) is 12.1 Å². The first kappa shape index (κ1) is 30.2. The van der Waals surface area contributed by atoms with E-state index in [0.29, 0.717) is 18.7 Å². The molecule has 2 aromatic heterocycles. The van der Waals surface area contributed by atoms with Crippen molar-refractivity contribution in [2.24, 2.45) is 0 Å². The highest BCUT2D eigenvalue weighted by Gasteiger charge is 2.27. The van der Waals surface area contributed by atoms with Gasteiger partial charge < -0.3 is 24.6 Å². The van der Waals surface area contributed by atoms with Gasteiger partial charge in [-0.05, 0) is 64.5 Å². The minimum atomic E-state index is -2.53. The molecule has 1 atom stereocenters. The van der Waals surface area contributed by atoms with Crippen molar-refractivity contribution in [2.75, 3.05) is 31.5 Å². The normalized spacial score (nSPS) is 21.1. The van der Waals surface area contributed by atoms with E-state index in [1.54, 1.807) is 11.1 Å².